The van der Waals surface area contributed by atoms with Gasteiger partial charge in [0.25, 0.3) is 0 Å². The van der Waals surface area contributed by atoms with Crippen molar-refractivity contribution in [3.63, 3.8) is 0 Å². The first-order valence-corrected chi connectivity index (χ1v) is 3.51. The van der Waals surface area contributed by atoms with Crippen LogP contribution in [0.1, 0.15) is 11.6 Å². The van der Waals surface area contributed by atoms with Crippen molar-refractivity contribution in [3.05, 3.63) is 42.2 Å². The minimum Gasteiger partial charge on any atom is -0.508 e. The largest absolute Gasteiger partial charge is 0.508 e. The van der Waals surface area contributed by atoms with E-state index in [-0.39, 0.29) is 11.3 Å². The highest BCUT2D eigenvalue weighted by Gasteiger charge is 2.08. The first-order valence-electron chi connectivity index (χ1n) is 3.51. The molecule has 1 aromatic carbocycles. The maximum absolute atomic E-state index is 13.0. The molecular formula is C9H10FNO. The molecule has 3 heteroatoms. The van der Waals surface area contributed by atoms with Crippen LogP contribution in [-0.2, 0) is 0 Å². The van der Waals surface area contributed by atoms with Gasteiger partial charge in [0, 0.05) is 5.56 Å². The monoisotopic (exact) mass is 167 g/mol. The number of hydrogen-bond donors (Lipinski definition) is 2. The molecule has 0 radical (unpaired) electrons. The Balaban J connectivity index is 3.12. The summed E-state index contributed by atoms with van der Waals surface area (Å²) in [6.45, 7) is 3.43. The molecule has 0 aliphatic carbocycles. The standard InChI is InChI=1S/C9H10FNO/c1-2-9(11)7-5-6(12)3-4-8(7)10/h2-5,9,12H,1,11H2. The van der Waals surface area contributed by atoms with Gasteiger partial charge in [-0.3, -0.25) is 0 Å². The minimum atomic E-state index is -0.572. The minimum absolute atomic E-state index is 0.00343. The van der Waals surface area contributed by atoms with Crippen LogP contribution in [0.2, 0.25) is 0 Å². The zero-order valence-electron chi connectivity index (χ0n) is 6.50. The smallest absolute Gasteiger partial charge is 0.128 e. The molecule has 0 heterocycles. The molecule has 0 amide bonds. The summed E-state index contributed by atoms with van der Waals surface area (Å²) in [5.74, 6) is -0.427. The van der Waals surface area contributed by atoms with E-state index in [9.17, 15) is 4.39 Å². The molecule has 1 aromatic rings. The number of halogens is 1. The molecule has 0 aromatic heterocycles. The van der Waals surface area contributed by atoms with E-state index in [1.807, 2.05) is 0 Å². The maximum Gasteiger partial charge on any atom is 0.128 e. The van der Waals surface area contributed by atoms with Crippen molar-refractivity contribution in [2.45, 2.75) is 6.04 Å². The van der Waals surface area contributed by atoms with E-state index in [1.54, 1.807) is 0 Å². The van der Waals surface area contributed by atoms with Gasteiger partial charge in [-0.2, -0.15) is 0 Å². The van der Waals surface area contributed by atoms with Crippen LogP contribution >= 0.6 is 0 Å². The van der Waals surface area contributed by atoms with E-state index in [4.69, 9.17) is 10.8 Å². The lowest BCUT2D eigenvalue weighted by Gasteiger charge is -2.07. The molecule has 0 bridgehead atoms. The van der Waals surface area contributed by atoms with Crippen LogP contribution in [0.3, 0.4) is 0 Å². The second kappa shape index (κ2) is 3.36. The van der Waals surface area contributed by atoms with Gasteiger partial charge < -0.3 is 10.8 Å². The summed E-state index contributed by atoms with van der Waals surface area (Å²) in [6.07, 6.45) is 1.41. The Labute approximate surface area is 70.1 Å². The van der Waals surface area contributed by atoms with Crippen molar-refractivity contribution in [2.24, 2.45) is 5.73 Å². The highest BCUT2D eigenvalue weighted by atomic mass is 19.1. The second-order valence-electron chi connectivity index (χ2n) is 2.47. The molecule has 1 atom stereocenters. The predicted octanol–water partition coefficient (Wildman–Crippen LogP) is 1.72. The predicted molar refractivity (Wildman–Crippen MR) is 45.2 cm³/mol. The van der Waals surface area contributed by atoms with Gasteiger partial charge in [0.2, 0.25) is 0 Å². The lowest BCUT2D eigenvalue weighted by Crippen LogP contribution is -2.08. The summed E-state index contributed by atoms with van der Waals surface area (Å²) in [6, 6.07) is 3.17. The maximum atomic E-state index is 13.0. The third-order valence-corrected chi connectivity index (χ3v) is 1.59. The fourth-order valence-electron chi connectivity index (χ4n) is 0.914. The van der Waals surface area contributed by atoms with Crippen molar-refractivity contribution in [2.75, 3.05) is 0 Å². The van der Waals surface area contributed by atoms with Crippen LogP contribution in [0.15, 0.2) is 30.9 Å². The van der Waals surface area contributed by atoms with Crippen molar-refractivity contribution in [3.8, 4) is 5.75 Å². The highest BCUT2D eigenvalue weighted by molar-refractivity contribution is 5.32. The van der Waals surface area contributed by atoms with Gasteiger partial charge in [0.1, 0.15) is 11.6 Å². The van der Waals surface area contributed by atoms with Gasteiger partial charge in [0.15, 0.2) is 0 Å². The molecule has 0 aliphatic rings. The van der Waals surface area contributed by atoms with Crippen LogP contribution < -0.4 is 5.73 Å². The van der Waals surface area contributed by atoms with Crippen LogP contribution in [0.25, 0.3) is 0 Å². The Kier molecular flexibility index (Phi) is 2.45. The Hall–Kier alpha value is -1.35. The third kappa shape index (κ3) is 1.62. The highest BCUT2D eigenvalue weighted by Crippen LogP contribution is 2.20. The Bertz CT molecular complexity index is 299. The molecule has 0 aliphatic heterocycles. The average Bonchev–Trinajstić information content (AvgIpc) is 2.08. The number of benzene rings is 1. The van der Waals surface area contributed by atoms with Crippen molar-refractivity contribution >= 4 is 0 Å². The van der Waals surface area contributed by atoms with Crippen LogP contribution in [-0.4, -0.2) is 5.11 Å². The molecule has 0 fully saturated rings. The van der Waals surface area contributed by atoms with Crippen molar-refractivity contribution in [1.82, 2.24) is 0 Å². The van der Waals surface area contributed by atoms with Crippen molar-refractivity contribution < 1.29 is 9.50 Å². The second-order valence-corrected chi connectivity index (χ2v) is 2.47. The summed E-state index contributed by atoms with van der Waals surface area (Å²) >= 11 is 0. The van der Waals surface area contributed by atoms with Gasteiger partial charge in [-0.15, -0.1) is 6.58 Å². The van der Waals surface area contributed by atoms with Crippen molar-refractivity contribution in [1.29, 1.82) is 0 Å². The molecular weight excluding hydrogens is 157 g/mol. The topological polar surface area (TPSA) is 46.2 Å². The van der Waals surface area contributed by atoms with Gasteiger partial charge in [-0.05, 0) is 18.2 Å². The van der Waals surface area contributed by atoms with E-state index in [2.05, 4.69) is 6.58 Å². The lowest BCUT2D eigenvalue weighted by molar-refractivity contribution is 0.470. The molecule has 2 nitrogen and oxygen atoms in total. The number of phenols is 1. The normalized spacial score (nSPS) is 12.5. The Morgan fingerprint density at radius 3 is 2.83 bits per heavy atom. The molecule has 3 N–H and O–H groups in total. The molecule has 1 rings (SSSR count). The van der Waals surface area contributed by atoms with Crippen LogP contribution in [0, 0.1) is 5.82 Å². The molecule has 0 saturated carbocycles. The zero-order chi connectivity index (χ0) is 9.14. The summed E-state index contributed by atoms with van der Waals surface area (Å²) in [5.41, 5.74) is 5.75. The molecule has 12 heavy (non-hydrogen) atoms. The summed E-state index contributed by atoms with van der Waals surface area (Å²) in [7, 11) is 0. The fourth-order valence-corrected chi connectivity index (χ4v) is 0.914. The summed E-state index contributed by atoms with van der Waals surface area (Å²) in [4.78, 5) is 0. The number of rotatable bonds is 2. The number of nitrogens with two attached hydrogens (primary N) is 1. The van der Waals surface area contributed by atoms with E-state index in [0.717, 1.165) is 0 Å². The van der Waals surface area contributed by atoms with Gasteiger partial charge >= 0.3 is 0 Å². The molecule has 64 valence electrons. The SMILES string of the molecule is C=CC(N)c1cc(O)ccc1F. The van der Waals surface area contributed by atoms with Gasteiger partial charge in [-0.1, -0.05) is 6.08 Å². The van der Waals surface area contributed by atoms with Crippen LogP contribution in [0.4, 0.5) is 4.39 Å². The zero-order valence-corrected chi connectivity index (χ0v) is 6.50. The van der Waals surface area contributed by atoms with E-state index in [0.29, 0.717) is 0 Å². The number of hydrogen-bond acceptors (Lipinski definition) is 2. The first kappa shape index (κ1) is 8.74. The van der Waals surface area contributed by atoms with Gasteiger partial charge in [0.05, 0.1) is 6.04 Å². The Morgan fingerprint density at radius 2 is 2.25 bits per heavy atom. The van der Waals surface area contributed by atoms with E-state index < -0.39 is 11.9 Å². The lowest BCUT2D eigenvalue weighted by atomic mass is 10.1. The molecule has 0 saturated heterocycles. The molecule has 0 spiro atoms. The third-order valence-electron chi connectivity index (χ3n) is 1.59. The first-order chi connectivity index (χ1) is 5.65. The molecule has 1 unspecified atom stereocenters. The van der Waals surface area contributed by atoms with E-state index in [1.165, 1.54) is 24.3 Å². The number of phenolic OH excluding ortho intramolecular Hbond substituents is 1. The van der Waals surface area contributed by atoms with Crippen LogP contribution in [0.5, 0.6) is 5.75 Å². The Morgan fingerprint density at radius 1 is 1.58 bits per heavy atom. The quantitative estimate of drug-likeness (QED) is 0.659. The van der Waals surface area contributed by atoms with Gasteiger partial charge in [-0.25, -0.2) is 4.39 Å². The number of aromatic hydroxyl groups is 1. The summed E-state index contributed by atoms with van der Waals surface area (Å²) in [5, 5.41) is 9.03. The average molecular weight is 167 g/mol. The summed E-state index contributed by atoms with van der Waals surface area (Å²) < 4.78 is 13.0. The van der Waals surface area contributed by atoms with E-state index >= 15 is 0 Å². The fraction of sp³-hybridized carbons (Fsp3) is 0.111.